The van der Waals surface area contributed by atoms with Gasteiger partial charge >= 0.3 is 5.97 Å². The Morgan fingerprint density at radius 3 is 2.44 bits per heavy atom. The third-order valence-corrected chi connectivity index (χ3v) is 13.8. The molecule has 2 amide bonds. The lowest BCUT2D eigenvalue weighted by Gasteiger charge is -2.59. The Balaban J connectivity index is 0.906. The number of unbranched alkanes of at least 4 members (excludes halogenated alkanes) is 2. The Hall–Kier alpha value is -2.95. The molecular formula is C40H58N2O8. The van der Waals surface area contributed by atoms with Crippen molar-refractivity contribution < 1.29 is 39.2 Å². The van der Waals surface area contributed by atoms with E-state index in [-0.39, 0.29) is 60.1 Å². The Bertz CT molecular complexity index is 1410. The molecule has 1 unspecified atom stereocenters. The molecule has 0 aromatic heterocycles. The maximum Gasteiger partial charge on any atom is 0.331 e. The van der Waals surface area contributed by atoms with Crippen molar-refractivity contribution in [2.24, 2.45) is 34.5 Å². The van der Waals surface area contributed by atoms with Gasteiger partial charge in [0.25, 0.3) is 0 Å². The summed E-state index contributed by atoms with van der Waals surface area (Å²) in [5, 5.41) is 39.6. The number of nitrogens with one attached hydrogen (secondary N) is 2. The molecule has 6 rings (SSSR count). The molecule has 1 heterocycles. The van der Waals surface area contributed by atoms with Gasteiger partial charge in [-0.25, -0.2) is 4.79 Å². The van der Waals surface area contributed by atoms with Crippen molar-refractivity contribution in [2.75, 3.05) is 26.3 Å². The van der Waals surface area contributed by atoms with Crippen LogP contribution in [0.25, 0.3) is 0 Å². The molecule has 5 N–H and O–H groups in total. The van der Waals surface area contributed by atoms with E-state index in [9.17, 15) is 29.7 Å². The van der Waals surface area contributed by atoms with Gasteiger partial charge in [-0.1, -0.05) is 32.4 Å². The van der Waals surface area contributed by atoms with Gasteiger partial charge in [0.05, 0.1) is 17.8 Å². The number of phenolic OH excluding ortho intramolecular Hbond substituents is 1. The number of fused-ring (bicyclic) bond motifs is 5. The fourth-order valence-electron chi connectivity index (χ4n) is 10.9. The number of ether oxygens (including phenoxy) is 2. The van der Waals surface area contributed by atoms with Crippen LogP contribution in [0.1, 0.15) is 103 Å². The van der Waals surface area contributed by atoms with Crippen molar-refractivity contribution >= 4 is 17.8 Å². The third kappa shape index (κ3) is 7.35. The molecule has 1 aromatic rings. The summed E-state index contributed by atoms with van der Waals surface area (Å²) in [6.07, 6.45) is 12.2. The summed E-state index contributed by atoms with van der Waals surface area (Å²) in [7, 11) is 0. The topological polar surface area (TPSA) is 154 Å². The molecule has 10 nitrogen and oxygen atoms in total. The number of hydrogen-bond donors (Lipinski definition) is 5. The van der Waals surface area contributed by atoms with Gasteiger partial charge in [-0.2, -0.15) is 0 Å². The highest BCUT2D eigenvalue weighted by Gasteiger charge is 2.68. The molecule has 9 atom stereocenters. The zero-order valence-corrected chi connectivity index (χ0v) is 30.0. The average molecular weight is 695 g/mol. The molecule has 1 aliphatic heterocycles. The molecule has 4 aliphatic carbocycles. The van der Waals surface area contributed by atoms with Crippen molar-refractivity contribution in [1.29, 1.82) is 0 Å². The second kappa shape index (κ2) is 15.3. The van der Waals surface area contributed by atoms with Crippen molar-refractivity contribution in [3.63, 3.8) is 0 Å². The van der Waals surface area contributed by atoms with Crippen molar-refractivity contribution in [3.05, 3.63) is 41.5 Å². The van der Waals surface area contributed by atoms with Gasteiger partial charge < -0.3 is 35.4 Å². The number of aliphatic hydroxyl groups excluding tert-OH is 1. The van der Waals surface area contributed by atoms with Crippen LogP contribution in [0.4, 0.5) is 0 Å². The normalized spacial score (nSPS) is 36.3. The predicted octanol–water partition coefficient (Wildman–Crippen LogP) is 4.73. The number of aromatic hydroxyl groups is 1. The van der Waals surface area contributed by atoms with E-state index in [2.05, 4.69) is 24.5 Å². The van der Waals surface area contributed by atoms with Crippen LogP contribution in [-0.4, -0.2) is 77.2 Å². The van der Waals surface area contributed by atoms with Crippen LogP contribution in [0.2, 0.25) is 0 Å². The average Bonchev–Trinajstić information content (AvgIpc) is 3.62. The zero-order valence-electron chi connectivity index (χ0n) is 30.0. The smallest absolute Gasteiger partial charge is 0.331 e. The number of esters is 1. The number of cyclic esters (lactones) is 1. The highest BCUT2D eigenvalue weighted by molar-refractivity contribution is 5.85. The molecule has 4 saturated carbocycles. The predicted molar refractivity (Wildman–Crippen MR) is 188 cm³/mol. The Morgan fingerprint density at radius 2 is 1.68 bits per heavy atom. The molecule has 5 aliphatic rings. The summed E-state index contributed by atoms with van der Waals surface area (Å²) in [5.41, 5.74) is 0.320. The van der Waals surface area contributed by atoms with Gasteiger partial charge in [0.15, 0.2) is 0 Å². The quantitative estimate of drug-likeness (QED) is 0.147. The lowest BCUT2D eigenvalue weighted by molar-refractivity contribution is -0.188. The molecule has 1 aromatic carbocycles. The summed E-state index contributed by atoms with van der Waals surface area (Å²) in [6.45, 7) is 5.91. The molecule has 0 spiro atoms. The fourth-order valence-corrected chi connectivity index (χ4v) is 10.9. The van der Waals surface area contributed by atoms with Crippen LogP contribution in [0.3, 0.4) is 0 Å². The van der Waals surface area contributed by atoms with E-state index in [1.165, 1.54) is 0 Å². The molecule has 4 fully saturated rings. The first kappa shape index (κ1) is 36.8. The SMILES string of the molecule is C[C@]12CCC(OCC(=O)NCCCCCC(=O)NCCc3ccc(O)cc3)C[C@H]1CC[C@@H]1[C@H]2CC[C@@H](O)[C@]2(C)[C@@H](C3=CC(=O)OC3)CC[C@]12O. The Labute approximate surface area is 296 Å². The van der Waals surface area contributed by atoms with Crippen LogP contribution in [0.5, 0.6) is 5.75 Å². The molecule has 0 radical (unpaired) electrons. The number of hydrogen-bond acceptors (Lipinski definition) is 8. The van der Waals surface area contributed by atoms with Gasteiger partial charge in [-0.3, -0.25) is 9.59 Å². The summed E-state index contributed by atoms with van der Waals surface area (Å²) < 4.78 is 11.4. The van der Waals surface area contributed by atoms with Crippen LogP contribution in [-0.2, 0) is 30.3 Å². The third-order valence-electron chi connectivity index (χ3n) is 13.8. The molecule has 50 heavy (non-hydrogen) atoms. The zero-order chi connectivity index (χ0) is 35.5. The second-order valence-electron chi connectivity index (χ2n) is 16.3. The van der Waals surface area contributed by atoms with E-state index >= 15 is 0 Å². The molecule has 10 heteroatoms. The highest BCUT2D eigenvalue weighted by Crippen LogP contribution is 2.68. The van der Waals surface area contributed by atoms with E-state index in [0.29, 0.717) is 44.2 Å². The Kier molecular flexibility index (Phi) is 11.3. The van der Waals surface area contributed by atoms with Gasteiger partial charge in [0.1, 0.15) is 19.0 Å². The maximum absolute atomic E-state index is 12.6. The standard InChI is InChI=1S/C40H58N2O8/c1-38-18-15-30(49-25-36(46)41-20-5-3-4-6-35(45)42-21-17-26-7-10-29(43)11-8-26)23-28(38)9-12-33-32(38)13-14-34(44)39(2)31(16-19-40(33,39)48)27-22-37(47)50-24-27/h7-8,10-11,22,28,30-34,43-44,48H,3-6,9,12-21,23-25H2,1-2H3,(H,41,46)(H,42,45)/t28-,30?,31-,32-,33-,34-,38+,39+,40+/m1/s1. The van der Waals surface area contributed by atoms with Crippen LogP contribution in [0, 0.1) is 34.5 Å². The van der Waals surface area contributed by atoms with Gasteiger partial charge in [0.2, 0.25) is 11.8 Å². The minimum atomic E-state index is -0.994. The first-order chi connectivity index (χ1) is 23.9. The fraction of sp³-hybridized carbons (Fsp3) is 0.725. The lowest BCUT2D eigenvalue weighted by Crippen LogP contribution is -2.60. The number of aliphatic hydroxyl groups is 2. The van der Waals surface area contributed by atoms with Crippen LogP contribution in [0.15, 0.2) is 35.9 Å². The first-order valence-electron chi connectivity index (χ1n) is 19.1. The summed E-state index contributed by atoms with van der Waals surface area (Å²) in [4.78, 5) is 36.7. The summed E-state index contributed by atoms with van der Waals surface area (Å²) in [6, 6.07) is 7.00. The monoisotopic (exact) mass is 694 g/mol. The summed E-state index contributed by atoms with van der Waals surface area (Å²) >= 11 is 0. The molecular weight excluding hydrogens is 636 g/mol. The largest absolute Gasteiger partial charge is 0.508 e. The number of phenols is 1. The minimum Gasteiger partial charge on any atom is -0.508 e. The summed E-state index contributed by atoms with van der Waals surface area (Å²) in [5.74, 6) is 0.629. The van der Waals surface area contributed by atoms with Gasteiger partial charge in [0, 0.05) is 31.0 Å². The van der Waals surface area contributed by atoms with Crippen molar-refractivity contribution in [2.45, 2.75) is 122 Å². The van der Waals surface area contributed by atoms with Crippen molar-refractivity contribution in [3.8, 4) is 5.75 Å². The Morgan fingerprint density at radius 1 is 0.920 bits per heavy atom. The number of carbonyl (C=O) groups is 3. The van der Waals surface area contributed by atoms with Gasteiger partial charge in [-0.05, 0) is 129 Å². The van der Waals surface area contributed by atoms with E-state index in [1.54, 1.807) is 18.2 Å². The van der Waals surface area contributed by atoms with Crippen molar-refractivity contribution in [1.82, 2.24) is 10.6 Å². The number of carbonyl (C=O) groups excluding carboxylic acids is 3. The molecule has 0 bridgehead atoms. The number of benzene rings is 1. The van der Waals surface area contributed by atoms with Gasteiger partial charge in [-0.15, -0.1) is 0 Å². The highest BCUT2D eigenvalue weighted by atomic mass is 16.5. The van der Waals surface area contributed by atoms with E-state index in [0.717, 1.165) is 81.8 Å². The first-order valence-corrected chi connectivity index (χ1v) is 19.1. The maximum atomic E-state index is 12.6. The number of rotatable bonds is 13. The van der Waals surface area contributed by atoms with Crippen LogP contribution < -0.4 is 10.6 Å². The number of amides is 2. The minimum absolute atomic E-state index is 0.0305. The molecule has 276 valence electrons. The van der Waals surface area contributed by atoms with E-state index in [1.807, 2.05) is 12.1 Å². The lowest BCUT2D eigenvalue weighted by atomic mass is 9.48. The van der Waals surface area contributed by atoms with E-state index < -0.39 is 17.1 Å². The molecule has 0 saturated heterocycles. The van der Waals surface area contributed by atoms with Crippen LogP contribution >= 0.6 is 0 Å². The van der Waals surface area contributed by atoms with E-state index in [4.69, 9.17) is 9.47 Å². The second-order valence-corrected chi connectivity index (χ2v) is 16.3.